The van der Waals surface area contributed by atoms with E-state index in [2.05, 4.69) is 5.32 Å². The standard InChI is InChI=1S/C12H17FN2O2/c1-7(14)12(2,3)15-11(17)9-5-4-8(13)6-10(9)16/h4-7,16H,14H2,1-3H3,(H,15,17). The molecular formula is C12H17FN2O2. The van der Waals surface area contributed by atoms with Crippen LogP contribution < -0.4 is 11.1 Å². The molecule has 4 N–H and O–H groups in total. The second kappa shape index (κ2) is 4.71. The number of nitrogens with two attached hydrogens (primary N) is 1. The van der Waals surface area contributed by atoms with E-state index < -0.39 is 17.3 Å². The number of amides is 1. The number of benzene rings is 1. The molecule has 0 bridgehead atoms. The van der Waals surface area contributed by atoms with Crippen molar-refractivity contribution in [3.8, 4) is 5.75 Å². The molecule has 0 fully saturated rings. The maximum absolute atomic E-state index is 12.8. The smallest absolute Gasteiger partial charge is 0.255 e. The van der Waals surface area contributed by atoms with Gasteiger partial charge in [-0.15, -0.1) is 0 Å². The molecule has 4 nitrogen and oxygen atoms in total. The van der Waals surface area contributed by atoms with Crippen molar-refractivity contribution in [2.45, 2.75) is 32.4 Å². The SMILES string of the molecule is CC(N)C(C)(C)NC(=O)c1ccc(F)cc1O. The van der Waals surface area contributed by atoms with E-state index in [9.17, 15) is 14.3 Å². The fourth-order valence-electron chi connectivity index (χ4n) is 1.17. The molecule has 0 saturated carbocycles. The summed E-state index contributed by atoms with van der Waals surface area (Å²) in [6, 6.07) is 2.99. The summed E-state index contributed by atoms with van der Waals surface area (Å²) in [5.74, 6) is -1.46. The molecule has 0 aliphatic rings. The van der Waals surface area contributed by atoms with E-state index in [-0.39, 0.29) is 17.4 Å². The third-order valence-corrected chi connectivity index (χ3v) is 2.78. The van der Waals surface area contributed by atoms with Crippen LogP contribution in [0.1, 0.15) is 31.1 Å². The molecule has 0 radical (unpaired) electrons. The van der Waals surface area contributed by atoms with Gasteiger partial charge < -0.3 is 16.2 Å². The lowest BCUT2D eigenvalue weighted by molar-refractivity contribution is 0.0900. The average molecular weight is 240 g/mol. The highest BCUT2D eigenvalue weighted by Gasteiger charge is 2.26. The van der Waals surface area contributed by atoms with Gasteiger partial charge in [0.05, 0.1) is 5.56 Å². The summed E-state index contributed by atoms with van der Waals surface area (Å²) in [5.41, 5.74) is 5.14. The number of nitrogens with one attached hydrogen (secondary N) is 1. The molecule has 94 valence electrons. The number of hydrogen-bond acceptors (Lipinski definition) is 3. The zero-order chi connectivity index (χ0) is 13.2. The maximum atomic E-state index is 12.8. The van der Waals surface area contributed by atoms with Crippen molar-refractivity contribution < 1.29 is 14.3 Å². The van der Waals surface area contributed by atoms with Crippen LogP contribution in [-0.2, 0) is 0 Å². The van der Waals surface area contributed by atoms with Crippen LogP contribution in [0.5, 0.6) is 5.75 Å². The van der Waals surface area contributed by atoms with Crippen LogP contribution in [0, 0.1) is 5.82 Å². The van der Waals surface area contributed by atoms with Gasteiger partial charge in [0, 0.05) is 17.6 Å². The first-order chi connectivity index (χ1) is 7.74. The lowest BCUT2D eigenvalue weighted by atomic mass is 9.96. The summed E-state index contributed by atoms with van der Waals surface area (Å²) in [6.07, 6.45) is 0. The Kier molecular flexibility index (Phi) is 3.72. The molecule has 5 heteroatoms. The Bertz CT molecular complexity index is 431. The Morgan fingerprint density at radius 3 is 2.59 bits per heavy atom. The van der Waals surface area contributed by atoms with E-state index in [4.69, 9.17) is 5.73 Å². The normalized spacial score (nSPS) is 13.2. The zero-order valence-corrected chi connectivity index (χ0v) is 10.1. The van der Waals surface area contributed by atoms with E-state index in [1.54, 1.807) is 20.8 Å². The van der Waals surface area contributed by atoms with Crippen LogP contribution >= 0.6 is 0 Å². The Balaban J connectivity index is 2.91. The second-order valence-electron chi connectivity index (χ2n) is 4.63. The summed E-state index contributed by atoms with van der Waals surface area (Å²) in [7, 11) is 0. The largest absolute Gasteiger partial charge is 0.507 e. The van der Waals surface area contributed by atoms with Gasteiger partial charge in [-0.3, -0.25) is 4.79 Å². The van der Waals surface area contributed by atoms with Gasteiger partial charge in [0.1, 0.15) is 11.6 Å². The van der Waals surface area contributed by atoms with E-state index in [1.807, 2.05) is 0 Å². The van der Waals surface area contributed by atoms with Gasteiger partial charge in [0.2, 0.25) is 0 Å². The number of phenols is 1. The fraction of sp³-hybridized carbons (Fsp3) is 0.417. The van der Waals surface area contributed by atoms with Crippen molar-refractivity contribution in [1.82, 2.24) is 5.32 Å². The Hall–Kier alpha value is -1.62. The number of aromatic hydroxyl groups is 1. The van der Waals surface area contributed by atoms with Crippen LogP contribution in [0.3, 0.4) is 0 Å². The van der Waals surface area contributed by atoms with Crippen molar-refractivity contribution in [2.75, 3.05) is 0 Å². The second-order valence-corrected chi connectivity index (χ2v) is 4.63. The Morgan fingerprint density at radius 2 is 2.12 bits per heavy atom. The summed E-state index contributed by atoms with van der Waals surface area (Å²) in [5, 5.41) is 12.2. The van der Waals surface area contributed by atoms with E-state index in [0.29, 0.717) is 0 Å². The van der Waals surface area contributed by atoms with Gasteiger partial charge >= 0.3 is 0 Å². The third kappa shape index (κ3) is 3.17. The molecule has 0 saturated heterocycles. The Labute approximate surface area is 99.6 Å². The van der Waals surface area contributed by atoms with Crippen LogP contribution in [0.15, 0.2) is 18.2 Å². The number of carbonyl (C=O) groups is 1. The summed E-state index contributed by atoms with van der Waals surface area (Å²) in [6.45, 7) is 5.32. The van der Waals surface area contributed by atoms with E-state index in [1.165, 1.54) is 6.07 Å². The van der Waals surface area contributed by atoms with Gasteiger partial charge in [-0.2, -0.15) is 0 Å². The highest BCUT2D eigenvalue weighted by atomic mass is 19.1. The van der Waals surface area contributed by atoms with Gasteiger partial charge in [-0.25, -0.2) is 4.39 Å². The first-order valence-electron chi connectivity index (χ1n) is 5.30. The van der Waals surface area contributed by atoms with Crippen molar-refractivity contribution in [3.05, 3.63) is 29.6 Å². The van der Waals surface area contributed by atoms with E-state index in [0.717, 1.165) is 12.1 Å². The summed E-state index contributed by atoms with van der Waals surface area (Å²) >= 11 is 0. The van der Waals surface area contributed by atoms with Gasteiger partial charge in [-0.05, 0) is 32.9 Å². The number of halogens is 1. The Morgan fingerprint density at radius 1 is 1.53 bits per heavy atom. The molecule has 0 aromatic heterocycles. The van der Waals surface area contributed by atoms with Crippen molar-refractivity contribution in [1.29, 1.82) is 0 Å². The van der Waals surface area contributed by atoms with Crippen LogP contribution in [0.25, 0.3) is 0 Å². The lowest BCUT2D eigenvalue weighted by Crippen LogP contribution is -2.54. The predicted molar refractivity (Wildman–Crippen MR) is 63.3 cm³/mol. The van der Waals surface area contributed by atoms with Crippen LogP contribution in [-0.4, -0.2) is 22.6 Å². The molecule has 1 rings (SSSR count). The minimum Gasteiger partial charge on any atom is -0.507 e. The third-order valence-electron chi connectivity index (χ3n) is 2.78. The minimum atomic E-state index is -0.613. The molecule has 1 aromatic rings. The number of hydrogen-bond donors (Lipinski definition) is 3. The van der Waals surface area contributed by atoms with Crippen LogP contribution in [0.2, 0.25) is 0 Å². The van der Waals surface area contributed by atoms with E-state index >= 15 is 0 Å². The van der Waals surface area contributed by atoms with Gasteiger partial charge in [0.15, 0.2) is 0 Å². The highest BCUT2D eigenvalue weighted by Crippen LogP contribution is 2.19. The first kappa shape index (κ1) is 13.4. The molecule has 17 heavy (non-hydrogen) atoms. The highest BCUT2D eigenvalue weighted by molar-refractivity contribution is 5.97. The van der Waals surface area contributed by atoms with Crippen LogP contribution in [0.4, 0.5) is 4.39 Å². The molecule has 0 aliphatic heterocycles. The minimum absolute atomic E-state index is 0.0279. The summed E-state index contributed by atoms with van der Waals surface area (Å²) < 4.78 is 12.8. The number of rotatable bonds is 3. The monoisotopic (exact) mass is 240 g/mol. The quantitative estimate of drug-likeness (QED) is 0.747. The van der Waals surface area contributed by atoms with Crippen molar-refractivity contribution in [3.63, 3.8) is 0 Å². The fourth-order valence-corrected chi connectivity index (χ4v) is 1.17. The molecule has 0 spiro atoms. The predicted octanol–water partition coefficient (Wildman–Crippen LogP) is 1.39. The molecular weight excluding hydrogens is 223 g/mol. The molecule has 1 unspecified atom stereocenters. The molecule has 1 aromatic carbocycles. The first-order valence-corrected chi connectivity index (χ1v) is 5.30. The molecule has 0 heterocycles. The van der Waals surface area contributed by atoms with Gasteiger partial charge in [-0.1, -0.05) is 0 Å². The number of carbonyl (C=O) groups excluding carboxylic acids is 1. The average Bonchev–Trinajstić information content (AvgIpc) is 2.15. The number of phenolic OH excluding ortho intramolecular Hbond substituents is 1. The maximum Gasteiger partial charge on any atom is 0.255 e. The van der Waals surface area contributed by atoms with Crippen molar-refractivity contribution in [2.24, 2.45) is 5.73 Å². The molecule has 1 atom stereocenters. The zero-order valence-electron chi connectivity index (χ0n) is 10.1. The lowest BCUT2D eigenvalue weighted by Gasteiger charge is -2.30. The van der Waals surface area contributed by atoms with Gasteiger partial charge in [0.25, 0.3) is 5.91 Å². The van der Waals surface area contributed by atoms with Crippen molar-refractivity contribution >= 4 is 5.91 Å². The molecule has 1 amide bonds. The topological polar surface area (TPSA) is 75.3 Å². The molecule has 0 aliphatic carbocycles. The summed E-state index contributed by atoms with van der Waals surface area (Å²) in [4.78, 5) is 11.8.